The zero-order valence-corrected chi connectivity index (χ0v) is 16.6. The van der Waals surface area contributed by atoms with Crippen molar-refractivity contribution in [2.75, 3.05) is 5.75 Å². The highest BCUT2D eigenvalue weighted by Crippen LogP contribution is 2.18. The number of benzene rings is 2. The van der Waals surface area contributed by atoms with Crippen molar-refractivity contribution in [3.8, 4) is 0 Å². The van der Waals surface area contributed by atoms with E-state index in [9.17, 15) is 9.18 Å². The standard InChI is InChI=1S/C20H18ClFN4OS/c1-13(15-3-2-4-16(21)11-15)23-19(27)12-28-20-24-18(25-26-20)10-7-14-5-8-17(22)9-6-14/h2-11,13H,12H2,1H3,(H,23,27)(H,24,25,26)/b10-7+. The van der Waals surface area contributed by atoms with Gasteiger partial charge in [-0.15, -0.1) is 5.10 Å². The number of rotatable bonds is 7. The summed E-state index contributed by atoms with van der Waals surface area (Å²) in [4.78, 5) is 16.5. The summed E-state index contributed by atoms with van der Waals surface area (Å²) in [5.41, 5.74) is 1.79. The Balaban J connectivity index is 1.49. The summed E-state index contributed by atoms with van der Waals surface area (Å²) in [6.45, 7) is 1.90. The van der Waals surface area contributed by atoms with E-state index in [4.69, 9.17) is 11.6 Å². The van der Waals surface area contributed by atoms with Gasteiger partial charge >= 0.3 is 0 Å². The van der Waals surface area contributed by atoms with Crippen LogP contribution in [0.15, 0.2) is 53.7 Å². The fraction of sp³-hybridized carbons (Fsp3) is 0.150. The van der Waals surface area contributed by atoms with Gasteiger partial charge in [-0.1, -0.05) is 53.7 Å². The minimum Gasteiger partial charge on any atom is -0.349 e. The molecule has 3 aromatic rings. The van der Waals surface area contributed by atoms with E-state index >= 15 is 0 Å². The molecule has 3 rings (SSSR count). The molecule has 1 heterocycles. The Morgan fingerprint density at radius 2 is 2.07 bits per heavy atom. The van der Waals surface area contributed by atoms with E-state index < -0.39 is 0 Å². The van der Waals surface area contributed by atoms with Crippen LogP contribution in [0, 0.1) is 5.82 Å². The number of carbonyl (C=O) groups excluding carboxylic acids is 1. The Labute approximate surface area is 171 Å². The van der Waals surface area contributed by atoms with Gasteiger partial charge < -0.3 is 5.32 Å². The molecule has 0 radical (unpaired) electrons. The molecule has 1 unspecified atom stereocenters. The number of thioether (sulfide) groups is 1. The van der Waals surface area contributed by atoms with Crippen LogP contribution in [0.25, 0.3) is 12.2 Å². The second-order valence-electron chi connectivity index (χ2n) is 6.02. The van der Waals surface area contributed by atoms with Crippen LogP contribution >= 0.6 is 23.4 Å². The first kappa shape index (κ1) is 20.1. The number of nitrogens with zero attached hydrogens (tertiary/aromatic N) is 2. The predicted octanol–water partition coefficient (Wildman–Crippen LogP) is 4.74. The van der Waals surface area contributed by atoms with E-state index in [1.807, 2.05) is 25.1 Å². The molecule has 0 aliphatic carbocycles. The van der Waals surface area contributed by atoms with Crippen LogP contribution in [0.1, 0.15) is 29.9 Å². The highest BCUT2D eigenvalue weighted by Gasteiger charge is 2.11. The molecule has 2 aromatic carbocycles. The molecule has 5 nitrogen and oxygen atoms in total. The molecule has 0 aliphatic rings. The molecule has 1 amide bonds. The van der Waals surface area contributed by atoms with Crippen molar-refractivity contribution in [3.63, 3.8) is 0 Å². The summed E-state index contributed by atoms with van der Waals surface area (Å²) in [6.07, 6.45) is 3.54. The van der Waals surface area contributed by atoms with Gasteiger partial charge in [-0.25, -0.2) is 9.37 Å². The maximum Gasteiger partial charge on any atom is 0.230 e. The number of nitrogens with one attached hydrogen (secondary N) is 2. The lowest BCUT2D eigenvalue weighted by molar-refractivity contribution is -0.119. The number of amides is 1. The van der Waals surface area contributed by atoms with Gasteiger partial charge in [-0.2, -0.15) is 0 Å². The maximum atomic E-state index is 12.9. The minimum absolute atomic E-state index is 0.120. The topological polar surface area (TPSA) is 70.7 Å². The molecule has 0 saturated carbocycles. The Morgan fingerprint density at radius 3 is 2.82 bits per heavy atom. The number of halogens is 2. The summed E-state index contributed by atoms with van der Waals surface area (Å²) < 4.78 is 12.9. The van der Waals surface area contributed by atoms with Crippen LogP contribution in [0.2, 0.25) is 5.02 Å². The zero-order chi connectivity index (χ0) is 19.9. The van der Waals surface area contributed by atoms with Gasteiger partial charge in [-0.3, -0.25) is 9.89 Å². The number of hydrogen-bond acceptors (Lipinski definition) is 4. The number of H-pyrrole nitrogens is 1. The third-order valence-electron chi connectivity index (χ3n) is 3.84. The molecule has 8 heteroatoms. The quantitative estimate of drug-likeness (QED) is 0.546. The van der Waals surface area contributed by atoms with E-state index in [0.29, 0.717) is 16.0 Å². The van der Waals surface area contributed by atoms with Crippen molar-refractivity contribution in [3.05, 3.63) is 76.3 Å². The number of aromatic nitrogens is 3. The summed E-state index contributed by atoms with van der Waals surface area (Å²) in [5, 5.41) is 10.9. The number of carbonyl (C=O) groups is 1. The van der Waals surface area contributed by atoms with Gasteiger partial charge in [0, 0.05) is 5.02 Å². The van der Waals surface area contributed by atoms with E-state index in [-0.39, 0.29) is 23.5 Å². The summed E-state index contributed by atoms with van der Waals surface area (Å²) in [7, 11) is 0. The fourth-order valence-corrected chi connectivity index (χ4v) is 3.23. The molecule has 28 heavy (non-hydrogen) atoms. The van der Waals surface area contributed by atoms with Crippen molar-refractivity contribution in [1.82, 2.24) is 20.5 Å². The second-order valence-corrected chi connectivity index (χ2v) is 7.40. The lowest BCUT2D eigenvalue weighted by atomic mass is 10.1. The summed E-state index contributed by atoms with van der Waals surface area (Å²) >= 11 is 7.22. The van der Waals surface area contributed by atoms with Crippen molar-refractivity contribution >= 4 is 41.4 Å². The average molecular weight is 417 g/mol. The number of hydrogen-bond donors (Lipinski definition) is 2. The Bertz CT molecular complexity index is 974. The van der Waals surface area contributed by atoms with Crippen LogP contribution in [0.3, 0.4) is 0 Å². The van der Waals surface area contributed by atoms with E-state index in [0.717, 1.165) is 11.1 Å². The molecule has 1 aromatic heterocycles. The Hall–Kier alpha value is -2.64. The minimum atomic E-state index is -0.279. The van der Waals surface area contributed by atoms with Crippen molar-refractivity contribution < 1.29 is 9.18 Å². The average Bonchev–Trinajstić information content (AvgIpc) is 3.14. The van der Waals surface area contributed by atoms with Crippen LogP contribution in [-0.4, -0.2) is 26.8 Å². The third-order valence-corrected chi connectivity index (χ3v) is 4.93. The summed E-state index contributed by atoms with van der Waals surface area (Å²) in [5.74, 6) is 0.354. The maximum absolute atomic E-state index is 12.9. The Morgan fingerprint density at radius 1 is 1.29 bits per heavy atom. The molecule has 0 spiro atoms. The molecule has 0 saturated heterocycles. The van der Waals surface area contributed by atoms with Crippen molar-refractivity contribution in [2.45, 2.75) is 18.1 Å². The third kappa shape index (κ3) is 5.94. The van der Waals surface area contributed by atoms with Gasteiger partial charge in [0.15, 0.2) is 0 Å². The number of aromatic amines is 1. The monoisotopic (exact) mass is 416 g/mol. The fourth-order valence-electron chi connectivity index (χ4n) is 2.42. The normalized spacial score (nSPS) is 12.2. The highest BCUT2D eigenvalue weighted by molar-refractivity contribution is 7.99. The zero-order valence-electron chi connectivity index (χ0n) is 15.0. The molecular weight excluding hydrogens is 399 g/mol. The first-order valence-corrected chi connectivity index (χ1v) is 9.89. The molecule has 0 aliphatic heterocycles. The van der Waals surface area contributed by atoms with E-state index in [1.54, 1.807) is 30.4 Å². The molecule has 2 N–H and O–H groups in total. The Kier molecular flexibility index (Phi) is 6.84. The van der Waals surface area contributed by atoms with Gasteiger partial charge in [-0.05, 0) is 48.4 Å². The smallest absolute Gasteiger partial charge is 0.230 e. The first-order valence-electron chi connectivity index (χ1n) is 8.53. The predicted molar refractivity (Wildman–Crippen MR) is 110 cm³/mol. The molecule has 0 bridgehead atoms. The second kappa shape index (κ2) is 9.52. The van der Waals surface area contributed by atoms with Gasteiger partial charge in [0.05, 0.1) is 11.8 Å². The van der Waals surface area contributed by atoms with Crippen LogP contribution in [0.4, 0.5) is 4.39 Å². The van der Waals surface area contributed by atoms with E-state index in [2.05, 4.69) is 20.5 Å². The molecule has 144 valence electrons. The van der Waals surface area contributed by atoms with E-state index in [1.165, 1.54) is 23.9 Å². The van der Waals surface area contributed by atoms with Gasteiger partial charge in [0.2, 0.25) is 11.1 Å². The van der Waals surface area contributed by atoms with Crippen molar-refractivity contribution in [2.24, 2.45) is 0 Å². The van der Waals surface area contributed by atoms with Crippen molar-refractivity contribution in [1.29, 1.82) is 0 Å². The molecular formula is C20H18ClFN4OS. The largest absolute Gasteiger partial charge is 0.349 e. The van der Waals surface area contributed by atoms with Crippen LogP contribution in [-0.2, 0) is 4.79 Å². The summed E-state index contributed by atoms with van der Waals surface area (Å²) in [6, 6.07) is 13.4. The first-order chi connectivity index (χ1) is 13.5. The molecule has 1 atom stereocenters. The van der Waals surface area contributed by atoms with Crippen LogP contribution in [0.5, 0.6) is 0 Å². The highest BCUT2D eigenvalue weighted by atomic mass is 35.5. The van der Waals surface area contributed by atoms with Gasteiger partial charge in [0.25, 0.3) is 0 Å². The SMILES string of the molecule is CC(NC(=O)CSc1n[nH]c(/C=C/c2ccc(F)cc2)n1)c1cccc(Cl)c1. The molecule has 0 fully saturated rings. The van der Waals surface area contributed by atoms with Crippen LogP contribution < -0.4 is 5.32 Å². The lowest BCUT2D eigenvalue weighted by Crippen LogP contribution is -2.28. The van der Waals surface area contributed by atoms with Gasteiger partial charge in [0.1, 0.15) is 11.6 Å². The lowest BCUT2D eigenvalue weighted by Gasteiger charge is -2.14.